The van der Waals surface area contributed by atoms with E-state index in [0.29, 0.717) is 0 Å². The number of rotatable bonds is 33. The summed E-state index contributed by atoms with van der Waals surface area (Å²) in [5.74, 6) is 2.35. The zero-order chi connectivity index (χ0) is 36.1. The molecule has 2 rings (SSSR count). The van der Waals surface area contributed by atoms with E-state index in [1.54, 1.807) is 11.4 Å². The molecule has 0 saturated heterocycles. The minimum Gasteiger partial charge on any atom is -0.199 e. The molecule has 0 radical (unpaired) electrons. The highest BCUT2D eigenvalue weighted by molar-refractivity contribution is 8.76. The number of aromatic nitrogens is 2. The molecule has 2 aromatic heterocycles. The van der Waals surface area contributed by atoms with Gasteiger partial charge in [0, 0.05) is 51.0 Å². The number of aryl methyl sites for hydroxylation is 6. The quantitative estimate of drug-likeness (QED) is 0.0411. The molecule has 50 heavy (non-hydrogen) atoms. The van der Waals surface area contributed by atoms with Crippen molar-refractivity contribution < 1.29 is 9.13 Å². The van der Waals surface area contributed by atoms with E-state index < -0.39 is 0 Å². The van der Waals surface area contributed by atoms with Crippen LogP contribution >= 0.6 is 21.6 Å². The van der Waals surface area contributed by atoms with Crippen molar-refractivity contribution in [2.24, 2.45) is 0 Å². The molecule has 0 amide bonds. The summed E-state index contributed by atoms with van der Waals surface area (Å²) in [6.07, 6.45) is 36.5. The molecular formula is C46H82N2S2+2. The molecule has 0 atom stereocenters. The van der Waals surface area contributed by atoms with Gasteiger partial charge in [0.15, 0.2) is 35.9 Å². The Kier molecular flexibility index (Phi) is 27.5. The molecule has 0 fully saturated rings. The van der Waals surface area contributed by atoms with Gasteiger partial charge in [-0.3, -0.25) is 0 Å². The Hall–Kier alpha value is -1.00. The smallest absolute Gasteiger partial charge is 0.181 e. The third-order valence-corrected chi connectivity index (χ3v) is 13.0. The van der Waals surface area contributed by atoms with Crippen LogP contribution in [-0.4, -0.2) is 11.5 Å². The van der Waals surface area contributed by atoms with Crippen molar-refractivity contribution in [2.45, 2.75) is 222 Å². The van der Waals surface area contributed by atoms with Gasteiger partial charge in [-0.1, -0.05) is 177 Å². The summed E-state index contributed by atoms with van der Waals surface area (Å²) in [4.78, 5) is 0. The van der Waals surface area contributed by atoms with Crippen molar-refractivity contribution >= 4 is 21.6 Å². The van der Waals surface area contributed by atoms with Crippen molar-refractivity contribution in [3.8, 4) is 0 Å². The van der Waals surface area contributed by atoms with Crippen LogP contribution < -0.4 is 9.13 Å². The SMILES string of the molecule is CCCCCCCCCCCCCCc1cc(C)cc(C)[n+]1CCSSCC[n+]1c(C)cc(C)cc1CCCCCCCCCCCCCC. The first-order chi connectivity index (χ1) is 24.5. The van der Waals surface area contributed by atoms with Crippen LogP contribution in [0, 0.1) is 27.7 Å². The van der Waals surface area contributed by atoms with Gasteiger partial charge in [0.25, 0.3) is 0 Å². The maximum absolute atomic E-state index is 2.62. The van der Waals surface area contributed by atoms with Gasteiger partial charge in [-0.05, 0) is 37.8 Å². The van der Waals surface area contributed by atoms with Gasteiger partial charge < -0.3 is 0 Å². The fourth-order valence-corrected chi connectivity index (χ4v) is 9.66. The molecule has 0 unspecified atom stereocenters. The number of hydrogen-bond donors (Lipinski definition) is 0. The van der Waals surface area contributed by atoms with Crippen LogP contribution in [-0.2, 0) is 25.9 Å². The molecule has 0 aliphatic carbocycles. The Labute approximate surface area is 320 Å². The van der Waals surface area contributed by atoms with Crippen molar-refractivity contribution in [2.75, 3.05) is 11.5 Å². The molecule has 2 aromatic rings. The van der Waals surface area contributed by atoms with Gasteiger partial charge >= 0.3 is 0 Å². The van der Waals surface area contributed by atoms with E-state index in [0.717, 1.165) is 13.1 Å². The van der Waals surface area contributed by atoms with E-state index in [9.17, 15) is 0 Å². The summed E-state index contributed by atoms with van der Waals surface area (Å²) in [5, 5.41) is 0. The molecule has 0 aliphatic heterocycles. The predicted molar refractivity (Wildman–Crippen MR) is 227 cm³/mol. The molecule has 286 valence electrons. The molecule has 0 bridgehead atoms. The first kappa shape index (κ1) is 45.2. The molecule has 0 saturated carbocycles. The molecule has 2 nitrogen and oxygen atoms in total. The van der Waals surface area contributed by atoms with E-state index >= 15 is 0 Å². The number of nitrogens with zero attached hydrogens (tertiary/aromatic N) is 2. The highest BCUT2D eigenvalue weighted by atomic mass is 33.1. The Morgan fingerprint density at radius 3 is 0.960 bits per heavy atom. The molecule has 4 heteroatoms. The number of hydrogen-bond acceptors (Lipinski definition) is 2. The molecular weight excluding hydrogens is 645 g/mol. The Morgan fingerprint density at radius 2 is 0.660 bits per heavy atom. The monoisotopic (exact) mass is 727 g/mol. The van der Waals surface area contributed by atoms with Crippen LogP contribution in [0.5, 0.6) is 0 Å². The lowest BCUT2D eigenvalue weighted by Crippen LogP contribution is -2.43. The maximum atomic E-state index is 2.62. The largest absolute Gasteiger partial charge is 0.199 e. The summed E-state index contributed by atoms with van der Waals surface area (Å²) in [7, 11) is 4.14. The van der Waals surface area contributed by atoms with Gasteiger partial charge in [-0.2, -0.15) is 9.13 Å². The van der Waals surface area contributed by atoms with E-state index in [-0.39, 0.29) is 0 Å². The van der Waals surface area contributed by atoms with Crippen LogP contribution in [0.3, 0.4) is 0 Å². The predicted octanol–water partition coefficient (Wildman–Crippen LogP) is 14.1. The first-order valence-corrected chi connectivity index (χ1v) is 24.2. The van der Waals surface area contributed by atoms with E-state index in [4.69, 9.17) is 0 Å². The number of unbranched alkanes of at least 4 members (excludes halogenated alkanes) is 22. The second-order valence-corrected chi connectivity index (χ2v) is 18.3. The zero-order valence-corrected chi connectivity index (χ0v) is 35.9. The van der Waals surface area contributed by atoms with Gasteiger partial charge in [0.1, 0.15) is 0 Å². The van der Waals surface area contributed by atoms with Crippen molar-refractivity contribution in [3.63, 3.8) is 0 Å². The number of pyridine rings is 2. The van der Waals surface area contributed by atoms with Gasteiger partial charge in [0.2, 0.25) is 0 Å². The van der Waals surface area contributed by atoms with E-state index in [1.807, 2.05) is 0 Å². The highest BCUT2D eigenvalue weighted by Gasteiger charge is 2.17. The fraction of sp³-hybridized carbons (Fsp3) is 0.783. The summed E-state index contributed by atoms with van der Waals surface area (Å²) >= 11 is 0. The van der Waals surface area contributed by atoms with Crippen molar-refractivity contribution in [1.29, 1.82) is 0 Å². The van der Waals surface area contributed by atoms with Crippen LogP contribution in [0.2, 0.25) is 0 Å². The van der Waals surface area contributed by atoms with E-state index in [1.165, 1.54) is 201 Å². The zero-order valence-electron chi connectivity index (χ0n) is 34.2. The van der Waals surface area contributed by atoms with Crippen molar-refractivity contribution in [3.05, 3.63) is 58.2 Å². The Bertz CT molecular complexity index is 1030. The topological polar surface area (TPSA) is 7.76 Å². The van der Waals surface area contributed by atoms with Crippen molar-refractivity contribution in [1.82, 2.24) is 0 Å². The fourth-order valence-electron chi connectivity index (χ4n) is 7.76. The normalized spacial score (nSPS) is 11.6. The summed E-state index contributed by atoms with van der Waals surface area (Å²) < 4.78 is 5.23. The maximum Gasteiger partial charge on any atom is 0.181 e. The second kappa shape index (κ2) is 30.5. The highest BCUT2D eigenvalue weighted by Crippen LogP contribution is 2.21. The van der Waals surface area contributed by atoms with E-state index in [2.05, 4.69) is 96.5 Å². The molecule has 0 spiro atoms. The lowest BCUT2D eigenvalue weighted by atomic mass is 10.0. The first-order valence-electron chi connectivity index (χ1n) is 21.7. The summed E-state index contributed by atoms with van der Waals surface area (Å²) in [6, 6.07) is 9.66. The van der Waals surface area contributed by atoms with Gasteiger partial charge in [-0.15, -0.1) is 0 Å². The average Bonchev–Trinajstić information content (AvgIpc) is 3.08. The third-order valence-electron chi connectivity index (χ3n) is 10.7. The van der Waals surface area contributed by atoms with Crippen LogP contribution in [0.15, 0.2) is 24.3 Å². The average molecular weight is 727 g/mol. The lowest BCUT2D eigenvalue weighted by Gasteiger charge is -2.10. The molecule has 0 aliphatic rings. The summed E-state index contributed by atoms with van der Waals surface area (Å²) in [6.45, 7) is 16.0. The van der Waals surface area contributed by atoms with Crippen LogP contribution in [0.1, 0.15) is 202 Å². The Morgan fingerprint density at radius 1 is 0.380 bits per heavy atom. The molecule has 2 heterocycles. The van der Waals surface area contributed by atoms with Crippen LogP contribution in [0.4, 0.5) is 0 Å². The molecule has 0 aromatic carbocycles. The second-order valence-electron chi connectivity index (χ2n) is 15.6. The van der Waals surface area contributed by atoms with Gasteiger partial charge in [-0.25, -0.2) is 0 Å². The minimum atomic E-state index is 1.12. The Balaban J connectivity index is 1.64. The van der Waals surface area contributed by atoms with Crippen LogP contribution in [0.25, 0.3) is 0 Å². The molecule has 0 N–H and O–H groups in total. The summed E-state index contributed by atoms with van der Waals surface area (Å²) in [5.41, 5.74) is 8.79. The van der Waals surface area contributed by atoms with Gasteiger partial charge in [0.05, 0.1) is 11.5 Å². The lowest BCUT2D eigenvalue weighted by molar-refractivity contribution is -0.705. The third kappa shape index (κ3) is 21.5. The standard InChI is InChI=1S/C46H82N2S2/c1-7-9-11-13-15-17-19-21-23-25-27-29-31-45-39-41(3)37-43(5)47(45)33-35-49-50-36-34-48-44(6)38-42(4)40-46(48)32-30-28-26-24-22-20-18-16-14-12-10-8-2/h37-40H,7-36H2,1-6H3/q+2. The minimum absolute atomic E-state index is 1.12.